The molecular weight excluding hydrogens is 426 g/mol. The molecule has 0 heterocycles. The number of rotatable bonds is 6. The number of urea groups is 1. The second-order valence-corrected chi connectivity index (χ2v) is 8.81. The van der Waals surface area contributed by atoms with Crippen LogP contribution >= 0.6 is 35.1 Å². The molecule has 4 N–H and O–H groups in total. The van der Waals surface area contributed by atoms with Crippen LogP contribution in [0.5, 0.6) is 0 Å². The average molecular weight is 452 g/mol. The summed E-state index contributed by atoms with van der Waals surface area (Å²) in [6, 6.07) is 13.0. The number of hydrogen-bond donors (Lipinski definition) is 2. The number of hydrogen-bond acceptors (Lipinski definition) is 6. The van der Waals surface area contributed by atoms with Crippen molar-refractivity contribution in [3.63, 3.8) is 0 Å². The number of amides is 2. The Hall–Kier alpha value is -1.71. The molecule has 156 valence electrons. The molecule has 0 aliphatic rings. The van der Waals surface area contributed by atoms with Crippen LogP contribution in [0.25, 0.3) is 0 Å². The van der Waals surface area contributed by atoms with E-state index >= 15 is 0 Å². The topological polar surface area (TPSA) is 88.0 Å². The Bertz CT molecular complexity index is 858. The molecule has 0 bridgehead atoms. The van der Waals surface area contributed by atoms with Gasteiger partial charge < -0.3 is 0 Å². The van der Waals surface area contributed by atoms with Gasteiger partial charge in [-0.3, -0.25) is 10.0 Å². The third kappa shape index (κ3) is 6.94. The molecule has 2 rings (SSSR count). The molecule has 2 amide bonds. The summed E-state index contributed by atoms with van der Waals surface area (Å²) in [5.74, 6) is 12.2. The number of thioether (sulfide) groups is 2. The molecule has 0 spiro atoms. The Morgan fingerprint density at radius 3 is 2.48 bits per heavy atom. The molecule has 0 unspecified atom stereocenters. The van der Waals surface area contributed by atoms with Crippen LogP contribution in [-0.4, -0.2) is 35.3 Å². The van der Waals surface area contributed by atoms with Gasteiger partial charge in [0.1, 0.15) is 4.38 Å². The highest BCUT2D eigenvalue weighted by Crippen LogP contribution is 2.29. The van der Waals surface area contributed by atoms with E-state index in [1.165, 1.54) is 12.6 Å². The molecule has 0 atom stereocenters. The molecule has 6 nitrogen and oxygen atoms in total. The highest BCUT2D eigenvalue weighted by Gasteiger charge is 2.19. The van der Waals surface area contributed by atoms with Crippen molar-refractivity contribution in [1.82, 2.24) is 5.01 Å². The zero-order valence-corrected chi connectivity index (χ0v) is 19.2. The van der Waals surface area contributed by atoms with E-state index in [2.05, 4.69) is 0 Å². The van der Waals surface area contributed by atoms with Crippen LogP contribution in [0.2, 0.25) is 5.02 Å². The number of aryl methyl sites for hydroxylation is 1. The number of nitrogens with zero attached hydrogens (tertiary/aromatic N) is 3. The van der Waals surface area contributed by atoms with Gasteiger partial charge in [0.2, 0.25) is 0 Å². The molecule has 9 heteroatoms. The summed E-state index contributed by atoms with van der Waals surface area (Å²) in [5, 5.41) is 2.78. The lowest BCUT2D eigenvalue weighted by atomic mass is 10.1. The predicted molar refractivity (Wildman–Crippen MR) is 127 cm³/mol. The van der Waals surface area contributed by atoms with E-state index in [-0.39, 0.29) is 0 Å². The number of carbonyl (C=O) groups is 1. The third-order valence-electron chi connectivity index (χ3n) is 4.22. The number of aliphatic imine (C=N–C) groups is 1. The summed E-state index contributed by atoms with van der Waals surface area (Å²) in [5.41, 5.74) is 3.88. The first-order valence-corrected chi connectivity index (χ1v) is 11.5. The van der Waals surface area contributed by atoms with Crippen LogP contribution in [0.3, 0.4) is 0 Å². The Kier molecular flexibility index (Phi) is 9.32. The first kappa shape index (κ1) is 23.6. The average Bonchev–Trinajstić information content (AvgIpc) is 2.71. The van der Waals surface area contributed by atoms with Gasteiger partial charge in [-0.2, -0.15) is 0 Å². The molecule has 0 saturated heterocycles. The van der Waals surface area contributed by atoms with Gasteiger partial charge in [0.25, 0.3) is 0 Å². The first-order valence-electron chi connectivity index (χ1n) is 8.95. The number of nitrogens with two attached hydrogens (primary N) is 2. The van der Waals surface area contributed by atoms with Crippen molar-refractivity contribution < 1.29 is 4.79 Å². The lowest BCUT2D eigenvalue weighted by Crippen LogP contribution is -2.49. The van der Waals surface area contributed by atoms with Crippen molar-refractivity contribution in [3.8, 4) is 0 Å². The van der Waals surface area contributed by atoms with Gasteiger partial charge in [-0.25, -0.2) is 21.5 Å². The van der Waals surface area contributed by atoms with Crippen molar-refractivity contribution in [2.45, 2.75) is 19.1 Å². The SMILES string of the molecule is CSC(=NCCc1ccc(Cl)cc1)SCc1c(C)cccc1N(N)C(=O)N(C)N. The predicted octanol–water partition coefficient (Wildman–Crippen LogP) is 4.45. The van der Waals surface area contributed by atoms with Crippen molar-refractivity contribution in [3.05, 3.63) is 64.2 Å². The third-order valence-corrected chi connectivity index (χ3v) is 6.62. The maximum absolute atomic E-state index is 12.2. The van der Waals surface area contributed by atoms with E-state index in [1.807, 2.05) is 55.6 Å². The van der Waals surface area contributed by atoms with Gasteiger partial charge in [0.05, 0.1) is 5.69 Å². The highest BCUT2D eigenvalue weighted by atomic mass is 35.5. The lowest BCUT2D eigenvalue weighted by Gasteiger charge is -2.24. The molecule has 29 heavy (non-hydrogen) atoms. The monoisotopic (exact) mass is 451 g/mol. The maximum atomic E-state index is 12.2. The maximum Gasteiger partial charge on any atom is 0.352 e. The standard InChI is InChI=1S/C20H26ClN5OS2/c1-14-5-4-6-18(26(23)20(27)25(2)22)17(14)13-29-19(28-3)24-12-11-15-7-9-16(21)10-8-15/h4-10H,11-13,22-23H2,1-3H3. The smallest absolute Gasteiger partial charge is 0.271 e. The molecule has 0 aromatic heterocycles. The summed E-state index contributed by atoms with van der Waals surface area (Å²) in [6.45, 7) is 2.70. The molecule has 2 aromatic rings. The van der Waals surface area contributed by atoms with Crippen LogP contribution < -0.4 is 16.7 Å². The van der Waals surface area contributed by atoms with E-state index < -0.39 is 6.03 Å². The van der Waals surface area contributed by atoms with Crippen LogP contribution in [-0.2, 0) is 12.2 Å². The zero-order chi connectivity index (χ0) is 21.4. The van der Waals surface area contributed by atoms with Gasteiger partial charge >= 0.3 is 6.03 Å². The van der Waals surface area contributed by atoms with Gasteiger partial charge in [0, 0.05) is 24.4 Å². The number of hydrazine groups is 2. The fraction of sp³-hybridized carbons (Fsp3) is 0.300. The number of carbonyl (C=O) groups excluding carboxylic acids is 1. The van der Waals surface area contributed by atoms with E-state index in [4.69, 9.17) is 28.3 Å². The summed E-state index contributed by atoms with van der Waals surface area (Å²) < 4.78 is 0.985. The summed E-state index contributed by atoms with van der Waals surface area (Å²) in [7, 11) is 1.46. The largest absolute Gasteiger partial charge is 0.352 e. The number of halogens is 1. The minimum absolute atomic E-state index is 0.483. The first-order chi connectivity index (χ1) is 13.8. The number of anilines is 1. The molecular formula is C20H26ClN5OS2. The molecule has 0 saturated carbocycles. The molecule has 0 radical (unpaired) electrons. The van der Waals surface area contributed by atoms with Gasteiger partial charge in [-0.15, -0.1) is 11.8 Å². The van der Waals surface area contributed by atoms with E-state index in [1.54, 1.807) is 23.5 Å². The second kappa shape index (κ2) is 11.5. The van der Waals surface area contributed by atoms with Gasteiger partial charge in [-0.05, 0) is 54.5 Å². The van der Waals surface area contributed by atoms with Crippen LogP contribution in [0.15, 0.2) is 47.5 Å². The quantitative estimate of drug-likeness (QED) is 0.223. The molecule has 2 aromatic carbocycles. The van der Waals surface area contributed by atoms with Crippen LogP contribution in [0, 0.1) is 6.92 Å². The summed E-state index contributed by atoms with van der Waals surface area (Å²) in [4.78, 5) is 16.9. The van der Waals surface area contributed by atoms with Crippen molar-refractivity contribution >= 4 is 51.2 Å². The number of benzene rings is 2. The van der Waals surface area contributed by atoms with E-state index in [0.29, 0.717) is 18.0 Å². The Morgan fingerprint density at radius 2 is 1.86 bits per heavy atom. The lowest BCUT2D eigenvalue weighted by molar-refractivity contribution is 0.216. The molecule has 0 aliphatic heterocycles. The van der Waals surface area contributed by atoms with Gasteiger partial charge in [-0.1, -0.05) is 47.6 Å². The summed E-state index contributed by atoms with van der Waals surface area (Å²) >= 11 is 9.17. The highest BCUT2D eigenvalue weighted by molar-refractivity contribution is 8.38. The van der Waals surface area contributed by atoms with Crippen molar-refractivity contribution in [1.29, 1.82) is 0 Å². The fourth-order valence-corrected chi connectivity index (χ4v) is 4.42. The normalized spacial score (nSPS) is 11.4. The summed E-state index contributed by atoms with van der Waals surface area (Å²) in [6.07, 6.45) is 2.86. The Balaban J connectivity index is 2.06. The fourth-order valence-electron chi connectivity index (χ4n) is 2.60. The molecule has 0 aliphatic carbocycles. The minimum atomic E-state index is -0.483. The minimum Gasteiger partial charge on any atom is -0.271 e. The Morgan fingerprint density at radius 1 is 1.17 bits per heavy atom. The van der Waals surface area contributed by atoms with Crippen LogP contribution in [0.4, 0.5) is 10.5 Å². The zero-order valence-electron chi connectivity index (χ0n) is 16.8. The van der Waals surface area contributed by atoms with Gasteiger partial charge in [0.15, 0.2) is 0 Å². The second-order valence-electron chi connectivity index (χ2n) is 6.35. The molecule has 0 fully saturated rings. The van der Waals surface area contributed by atoms with E-state index in [0.717, 1.165) is 37.0 Å². The van der Waals surface area contributed by atoms with Crippen molar-refractivity contribution in [2.75, 3.05) is 24.9 Å². The Labute approximate surface area is 185 Å². The van der Waals surface area contributed by atoms with E-state index in [9.17, 15) is 4.79 Å². The van der Waals surface area contributed by atoms with Crippen molar-refractivity contribution in [2.24, 2.45) is 16.7 Å². The van der Waals surface area contributed by atoms with Crippen LogP contribution in [0.1, 0.15) is 16.7 Å².